The summed E-state index contributed by atoms with van der Waals surface area (Å²) >= 11 is 1.78. The molecule has 0 aliphatic rings. The van der Waals surface area contributed by atoms with Crippen LogP contribution in [0.25, 0.3) is 6.08 Å². The van der Waals surface area contributed by atoms with Crippen molar-refractivity contribution in [3.05, 3.63) is 71.3 Å². The molecule has 1 nitrogen and oxygen atoms in total. The Bertz CT molecular complexity index is 641. The highest BCUT2D eigenvalue weighted by Gasteiger charge is 2.02. The van der Waals surface area contributed by atoms with Crippen LogP contribution in [-0.4, -0.2) is 11.5 Å². The molecule has 2 heteroatoms. The van der Waals surface area contributed by atoms with Crippen LogP contribution in [-0.2, 0) is 6.42 Å². The highest BCUT2D eigenvalue weighted by Crippen LogP contribution is 2.18. The number of benzene rings is 2. The van der Waals surface area contributed by atoms with Gasteiger partial charge < -0.3 is 0 Å². The molecule has 2 aromatic carbocycles. The van der Waals surface area contributed by atoms with Crippen LogP contribution in [0.2, 0.25) is 0 Å². The molecule has 0 aromatic heterocycles. The van der Waals surface area contributed by atoms with Gasteiger partial charge in [0.1, 0.15) is 0 Å². The van der Waals surface area contributed by atoms with Crippen molar-refractivity contribution in [2.24, 2.45) is 0 Å². The van der Waals surface area contributed by atoms with Gasteiger partial charge in [-0.05, 0) is 53.6 Å². The fourth-order valence-electron chi connectivity index (χ4n) is 2.29. The normalized spacial score (nSPS) is 11.0. The van der Waals surface area contributed by atoms with Crippen LogP contribution in [0.4, 0.5) is 0 Å². The van der Waals surface area contributed by atoms with Crippen LogP contribution >= 0.6 is 11.8 Å². The molecule has 0 saturated heterocycles. The summed E-state index contributed by atoms with van der Waals surface area (Å²) in [6.07, 6.45) is 5.77. The smallest absolute Gasteiger partial charge is 0.185 e. The largest absolute Gasteiger partial charge is 0.289 e. The van der Waals surface area contributed by atoms with Gasteiger partial charge in [0.25, 0.3) is 0 Å². The van der Waals surface area contributed by atoms with E-state index in [0.717, 1.165) is 29.7 Å². The van der Waals surface area contributed by atoms with E-state index in [4.69, 9.17) is 0 Å². The number of thioether (sulfide) groups is 1. The Labute approximate surface area is 137 Å². The number of hydrogen-bond donors (Lipinski definition) is 0. The molecule has 0 aliphatic heterocycles. The Hall–Kier alpha value is -1.80. The first-order chi connectivity index (χ1) is 10.7. The fraction of sp³-hybridized carbons (Fsp3) is 0.250. The number of allylic oxidation sites excluding steroid dienone is 1. The van der Waals surface area contributed by atoms with Crippen molar-refractivity contribution in [3.8, 4) is 0 Å². The van der Waals surface area contributed by atoms with Gasteiger partial charge in [-0.25, -0.2) is 0 Å². The first-order valence-corrected chi connectivity index (χ1v) is 8.75. The van der Waals surface area contributed by atoms with Crippen LogP contribution in [0.5, 0.6) is 0 Å². The molecule has 0 fully saturated rings. The molecule has 0 atom stereocenters. The third-order valence-electron chi connectivity index (χ3n) is 3.37. The van der Waals surface area contributed by atoms with Crippen molar-refractivity contribution in [2.45, 2.75) is 31.6 Å². The van der Waals surface area contributed by atoms with Crippen molar-refractivity contribution in [2.75, 3.05) is 5.75 Å². The first kappa shape index (κ1) is 16.6. The predicted octanol–water partition coefficient (Wildman–Crippen LogP) is 5.65. The number of aryl methyl sites for hydroxylation is 1. The monoisotopic (exact) mass is 310 g/mol. The van der Waals surface area contributed by atoms with Crippen molar-refractivity contribution in [3.63, 3.8) is 0 Å². The van der Waals surface area contributed by atoms with Crippen molar-refractivity contribution >= 4 is 23.6 Å². The maximum Gasteiger partial charge on any atom is 0.185 e. The summed E-state index contributed by atoms with van der Waals surface area (Å²) < 4.78 is 0. The Balaban J connectivity index is 2.05. The molecule has 22 heavy (non-hydrogen) atoms. The van der Waals surface area contributed by atoms with Crippen LogP contribution in [0.15, 0.2) is 59.5 Å². The van der Waals surface area contributed by atoms with Gasteiger partial charge in [0.2, 0.25) is 0 Å². The molecule has 0 spiro atoms. The lowest BCUT2D eigenvalue weighted by atomic mass is 10.1. The van der Waals surface area contributed by atoms with Crippen LogP contribution < -0.4 is 0 Å². The molecule has 2 rings (SSSR count). The molecule has 0 saturated carbocycles. The van der Waals surface area contributed by atoms with Crippen molar-refractivity contribution in [1.82, 2.24) is 0 Å². The Morgan fingerprint density at radius 2 is 1.86 bits per heavy atom. The van der Waals surface area contributed by atoms with Gasteiger partial charge in [-0.1, -0.05) is 50.6 Å². The standard InChI is InChI=1S/C20H22OS/c1-3-6-16-7-5-8-17(15-16)9-14-20(21)18-10-12-19(13-11-18)22-4-2/h5,7-15H,3-4,6H2,1-2H3. The maximum absolute atomic E-state index is 12.2. The van der Waals surface area contributed by atoms with Gasteiger partial charge in [0, 0.05) is 10.5 Å². The summed E-state index contributed by atoms with van der Waals surface area (Å²) in [6, 6.07) is 16.2. The Morgan fingerprint density at radius 3 is 2.55 bits per heavy atom. The number of rotatable bonds is 7. The van der Waals surface area contributed by atoms with E-state index in [9.17, 15) is 4.79 Å². The molecule has 0 N–H and O–H groups in total. The van der Waals surface area contributed by atoms with Gasteiger partial charge in [0.15, 0.2) is 5.78 Å². The minimum Gasteiger partial charge on any atom is -0.289 e. The summed E-state index contributed by atoms with van der Waals surface area (Å²) in [5.41, 5.74) is 3.14. The molecule has 114 valence electrons. The van der Waals surface area contributed by atoms with E-state index < -0.39 is 0 Å². The average Bonchev–Trinajstić information content (AvgIpc) is 2.54. The summed E-state index contributed by atoms with van der Waals surface area (Å²) in [6.45, 7) is 4.30. The molecule has 0 aliphatic carbocycles. The van der Waals surface area contributed by atoms with Crippen LogP contribution in [0, 0.1) is 0 Å². The Kier molecular flexibility index (Phi) is 6.47. The maximum atomic E-state index is 12.2. The Morgan fingerprint density at radius 1 is 1.09 bits per heavy atom. The molecular formula is C20H22OS. The summed E-state index contributed by atoms with van der Waals surface area (Å²) in [5, 5.41) is 0. The lowest BCUT2D eigenvalue weighted by Crippen LogP contribution is -1.93. The first-order valence-electron chi connectivity index (χ1n) is 7.77. The molecule has 0 radical (unpaired) electrons. The number of carbonyl (C=O) groups is 1. The van der Waals surface area contributed by atoms with Crippen molar-refractivity contribution in [1.29, 1.82) is 0 Å². The van der Waals surface area contributed by atoms with Crippen LogP contribution in [0.3, 0.4) is 0 Å². The second-order valence-electron chi connectivity index (χ2n) is 5.15. The third kappa shape index (κ3) is 4.88. The average molecular weight is 310 g/mol. The zero-order chi connectivity index (χ0) is 15.8. The second-order valence-corrected chi connectivity index (χ2v) is 6.49. The minimum absolute atomic E-state index is 0.0499. The van der Waals surface area contributed by atoms with E-state index in [-0.39, 0.29) is 5.78 Å². The highest BCUT2D eigenvalue weighted by atomic mass is 32.2. The van der Waals surface area contributed by atoms with Crippen LogP contribution in [0.1, 0.15) is 41.8 Å². The summed E-state index contributed by atoms with van der Waals surface area (Å²) in [4.78, 5) is 13.4. The number of carbonyl (C=O) groups excluding carboxylic acids is 1. The van der Waals surface area contributed by atoms with Gasteiger partial charge >= 0.3 is 0 Å². The van der Waals surface area contributed by atoms with E-state index in [0.29, 0.717) is 0 Å². The summed E-state index contributed by atoms with van der Waals surface area (Å²) in [5.74, 6) is 1.09. The molecule has 0 bridgehead atoms. The highest BCUT2D eigenvalue weighted by molar-refractivity contribution is 7.99. The van der Waals surface area contributed by atoms with Crippen molar-refractivity contribution < 1.29 is 4.79 Å². The molecule has 0 unspecified atom stereocenters. The number of ketones is 1. The zero-order valence-electron chi connectivity index (χ0n) is 13.2. The fourth-order valence-corrected chi connectivity index (χ4v) is 2.95. The van der Waals surface area contributed by atoms with Gasteiger partial charge in [0.05, 0.1) is 0 Å². The van der Waals surface area contributed by atoms with E-state index in [2.05, 4.69) is 26.0 Å². The molecule has 0 amide bonds. The van der Waals surface area contributed by atoms with E-state index in [1.807, 2.05) is 42.5 Å². The van der Waals surface area contributed by atoms with Gasteiger partial charge in [-0.2, -0.15) is 0 Å². The topological polar surface area (TPSA) is 17.1 Å². The van der Waals surface area contributed by atoms with E-state index in [1.54, 1.807) is 17.8 Å². The quantitative estimate of drug-likeness (QED) is 0.373. The SMILES string of the molecule is CCCc1cccc(C=CC(=O)c2ccc(SCC)cc2)c1. The van der Waals surface area contributed by atoms with Gasteiger partial charge in [-0.15, -0.1) is 11.8 Å². The second kappa shape index (κ2) is 8.60. The molecular weight excluding hydrogens is 288 g/mol. The van der Waals surface area contributed by atoms with E-state index in [1.165, 1.54) is 10.5 Å². The lowest BCUT2D eigenvalue weighted by molar-refractivity contribution is 0.104. The molecule has 2 aromatic rings. The zero-order valence-corrected chi connectivity index (χ0v) is 14.0. The predicted molar refractivity (Wildman–Crippen MR) is 96.6 cm³/mol. The lowest BCUT2D eigenvalue weighted by Gasteiger charge is -2.01. The third-order valence-corrected chi connectivity index (χ3v) is 4.26. The minimum atomic E-state index is 0.0499. The summed E-state index contributed by atoms with van der Waals surface area (Å²) in [7, 11) is 0. The number of hydrogen-bond acceptors (Lipinski definition) is 2. The van der Waals surface area contributed by atoms with Gasteiger partial charge in [-0.3, -0.25) is 4.79 Å². The molecule has 0 heterocycles. The van der Waals surface area contributed by atoms with E-state index >= 15 is 0 Å².